The third-order valence-corrected chi connectivity index (χ3v) is 1.84. The second-order valence-corrected chi connectivity index (χ2v) is 3.00. The predicted octanol–water partition coefficient (Wildman–Crippen LogP) is 2.64. The highest BCUT2D eigenvalue weighted by atomic mass is 19.4. The van der Waals surface area contributed by atoms with E-state index in [9.17, 15) is 36.9 Å². The summed E-state index contributed by atoms with van der Waals surface area (Å²) in [6.07, 6.45) is -9.03. The maximum Gasteiger partial charge on any atom is 0.573 e. The molecule has 1 heterocycles. The molecular weight excluding hydrogens is 283 g/mol. The average Bonchev–Trinajstić information content (AvgIpc) is 2.25. The van der Waals surface area contributed by atoms with Crippen LogP contribution in [0.4, 0.5) is 27.8 Å². The topological polar surface area (TPSA) is 82.3 Å². The molecule has 0 aromatic carbocycles. The summed E-state index contributed by atoms with van der Waals surface area (Å²) in [6, 6.07) is 0. The van der Waals surface area contributed by atoms with E-state index < -0.39 is 46.7 Å². The first-order valence-corrected chi connectivity index (χ1v) is 4.33. The molecule has 0 spiro atoms. The molecule has 0 aliphatic rings. The predicted molar refractivity (Wildman–Crippen MR) is 47.9 cm³/mol. The molecule has 1 rings (SSSR count). The Balaban J connectivity index is 3.49. The van der Waals surface area contributed by atoms with Crippen LogP contribution in [0.15, 0.2) is 6.20 Å². The Hall–Kier alpha value is -2.33. The minimum absolute atomic E-state index is 0.182. The highest BCUT2D eigenvalue weighted by molar-refractivity contribution is 5.83. The fourth-order valence-corrected chi connectivity index (χ4v) is 1.20. The summed E-state index contributed by atoms with van der Waals surface area (Å²) >= 11 is 0. The van der Waals surface area contributed by atoms with Crippen LogP contribution in [0.5, 0.6) is 5.75 Å². The van der Waals surface area contributed by atoms with Crippen LogP contribution in [-0.2, 0) is 0 Å². The molecule has 1 aromatic heterocycles. The van der Waals surface area contributed by atoms with E-state index in [0.29, 0.717) is 0 Å². The van der Waals surface area contributed by atoms with Gasteiger partial charge in [0.15, 0.2) is 18.2 Å². The van der Waals surface area contributed by atoms with Crippen molar-refractivity contribution >= 4 is 12.1 Å². The molecule has 0 aliphatic heterocycles. The van der Waals surface area contributed by atoms with Crippen molar-refractivity contribution < 1.29 is 36.4 Å². The minimum Gasteiger partial charge on any atom is -0.401 e. The van der Waals surface area contributed by atoms with E-state index >= 15 is 0 Å². The quantitative estimate of drug-likeness (QED) is 0.368. The SMILES string of the molecule is O=Cc1c(OC(F)(F)F)cnc([N+](=O)[O-])c1C(F)F. The third kappa shape index (κ3) is 3.33. The van der Waals surface area contributed by atoms with Crippen LogP contribution in [-0.4, -0.2) is 22.6 Å². The number of nitrogens with zero attached hydrogens (tertiary/aromatic N) is 2. The number of carbonyl (C=O) groups excluding carboxylic acids is 1. The van der Waals surface area contributed by atoms with E-state index in [2.05, 4.69) is 9.72 Å². The molecule has 0 unspecified atom stereocenters. The highest BCUT2D eigenvalue weighted by Crippen LogP contribution is 2.36. The number of carbonyl (C=O) groups is 1. The number of halogens is 5. The van der Waals surface area contributed by atoms with E-state index in [4.69, 9.17) is 0 Å². The van der Waals surface area contributed by atoms with E-state index in [1.807, 2.05) is 0 Å². The van der Waals surface area contributed by atoms with Crippen LogP contribution in [0, 0.1) is 10.1 Å². The van der Waals surface area contributed by atoms with Crippen molar-refractivity contribution in [1.29, 1.82) is 0 Å². The van der Waals surface area contributed by atoms with Crippen molar-refractivity contribution in [2.45, 2.75) is 12.8 Å². The Morgan fingerprint density at radius 1 is 1.42 bits per heavy atom. The molecule has 104 valence electrons. The Bertz CT molecular complexity index is 517. The molecule has 6 nitrogen and oxygen atoms in total. The van der Waals surface area contributed by atoms with Gasteiger partial charge >= 0.3 is 12.2 Å². The molecule has 0 aliphatic carbocycles. The van der Waals surface area contributed by atoms with E-state index in [0.717, 1.165) is 0 Å². The number of ether oxygens (including phenoxy) is 1. The molecule has 0 fully saturated rings. The van der Waals surface area contributed by atoms with Crippen LogP contribution < -0.4 is 4.74 Å². The maximum absolute atomic E-state index is 12.6. The summed E-state index contributed by atoms with van der Waals surface area (Å²) in [7, 11) is 0. The summed E-state index contributed by atoms with van der Waals surface area (Å²) in [6.45, 7) is 0. The van der Waals surface area contributed by atoms with Gasteiger partial charge in [-0.2, -0.15) is 0 Å². The Morgan fingerprint density at radius 3 is 2.37 bits per heavy atom. The van der Waals surface area contributed by atoms with Crippen molar-refractivity contribution in [3.8, 4) is 5.75 Å². The van der Waals surface area contributed by atoms with Gasteiger partial charge in [0.2, 0.25) is 0 Å². The number of nitro groups is 1. The third-order valence-electron chi connectivity index (χ3n) is 1.84. The lowest BCUT2D eigenvalue weighted by atomic mass is 10.1. The molecule has 0 radical (unpaired) electrons. The second kappa shape index (κ2) is 5.12. The Labute approximate surface area is 101 Å². The van der Waals surface area contributed by atoms with Gasteiger partial charge in [-0.3, -0.25) is 4.79 Å². The van der Waals surface area contributed by atoms with Gasteiger partial charge < -0.3 is 14.9 Å². The lowest BCUT2D eigenvalue weighted by Crippen LogP contribution is -2.19. The second-order valence-electron chi connectivity index (χ2n) is 3.00. The molecule has 11 heteroatoms. The van der Waals surface area contributed by atoms with E-state index in [1.54, 1.807) is 0 Å². The van der Waals surface area contributed by atoms with Gasteiger partial charge in [-0.25, -0.2) is 8.78 Å². The van der Waals surface area contributed by atoms with E-state index in [-0.39, 0.29) is 6.20 Å². The maximum atomic E-state index is 12.6. The van der Waals surface area contributed by atoms with Gasteiger partial charge in [0.25, 0.3) is 6.43 Å². The number of rotatable bonds is 4. The molecule has 1 aromatic rings. The summed E-state index contributed by atoms with van der Waals surface area (Å²) in [5.74, 6) is -2.74. The molecule has 0 atom stereocenters. The smallest absolute Gasteiger partial charge is 0.401 e. The van der Waals surface area contributed by atoms with Crippen molar-refractivity contribution in [2.75, 3.05) is 0 Å². The van der Waals surface area contributed by atoms with Crippen LogP contribution in [0.3, 0.4) is 0 Å². The largest absolute Gasteiger partial charge is 0.573 e. The fourth-order valence-electron chi connectivity index (χ4n) is 1.20. The molecule has 19 heavy (non-hydrogen) atoms. The first-order chi connectivity index (χ1) is 8.67. The monoisotopic (exact) mass is 286 g/mol. The normalized spacial score (nSPS) is 11.5. The molecule has 0 saturated carbocycles. The van der Waals surface area contributed by atoms with Crippen molar-refractivity contribution in [1.82, 2.24) is 4.98 Å². The lowest BCUT2D eigenvalue weighted by Gasteiger charge is -2.11. The summed E-state index contributed by atoms with van der Waals surface area (Å²) in [5, 5.41) is 10.4. The zero-order chi connectivity index (χ0) is 14.8. The first kappa shape index (κ1) is 14.7. The van der Waals surface area contributed by atoms with E-state index in [1.165, 1.54) is 0 Å². The number of alkyl halides is 5. The molecular formula is C8H3F5N2O4. The molecule has 0 N–H and O–H groups in total. The highest BCUT2D eigenvalue weighted by Gasteiger charge is 2.36. The standard InChI is InChI=1S/C8H3F5N2O4/c9-6(10)5-3(2-16)4(19-8(11,12)13)1-14-7(5)15(17)18/h1-2,6H. The number of aldehydes is 1. The summed E-state index contributed by atoms with van der Waals surface area (Å²) < 4.78 is 64.4. The average molecular weight is 286 g/mol. The molecule has 0 bridgehead atoms. The zero-order valence-electron chi connectivity index (χ0n) is 8.65. The number of pyridine rings is 1. The number of aromatic nitrogens is 1. The van der Waals surface area contributed by atoms with Crippen molar-refractivity contribution in [3.63, 3.8) is 0 Å². The van der Waals surface area contributed by atoms with Crippen LogP contribution in [0.25, 0.3) is 0 Å². The van der Waals surface area contributed by atoms with Gasteiger partial charge in [0, 0.05) is 0 Å². The van der Waals surface area contributed by atoms with Crippen LogP contribution >= 0.6 is 0 Å². The van der Waals surface area contributed by atoms with Crippen molar-refractivity contribution in [2.24, 2.45) is 0 Å². The van der Waals surface area contributed by atoms with Gasteiger partial charge in [0.05, 0.1) is 5.56 Å². The van der Waals surface area contributed by atoms with Gasteiger partial charge in [-0.1, -0.05) is 0 Å². The van der Waals surface area contributed by atoms with Crippen LogP contribution in [0.1, 0.15) is 22.3 Å². The van der Waals surface area contributed by atoms with Gasteiger partial charge in [-0.15, -0.1) is 13.2 Å². The van der Waals surface area contributed by atoms with Gasteiger partial charge in [-0.05, 0) is 9.91 Å². The van der Waals surface area contributed by atoms with Gasteiger partial charge in [0.1, 0.15) is 5.56 Å². The Kier molecular flexibility index (Phi) is 3.97. The lowest BCUT2D eigenvalue weighted by molar-refractivity contribution is -0.391. The molecule has 0 saturated heterocycles. The zero-order valence-corrected chi connectivity index (χ0v) is 8.65. The fraction of sp³-hybridized carbons (Fsp3) is 0.250. The number of hydrogen-bond donors (Lipinski definition) is 0. The summed E-state index contributed by atoms with van der Waals surface area (Å²) in [5.41, 5.74) is -2.80. The minimum atomic E-state index is -5.25. The molecule has 0 amide bonds. The van der Waals surface area contributed by atoms with Crippen LogP contribution in [0.2, 0.25) is 0 Å². The summed E-state index contributed by atoms with van der Waals surface area (Å²) in [4.78, 5) is 22.5. The first-order valence-electron chi connectivity index (χ1n) is 4.33. The Morgan fingerprint density at radius 2 is 2.00 bits per heavy atom. The number of hydrogen-bond acceptors (Lipinski definition) is 5. The van der Waals surface area contributed by atoms with Crippen molar-refractivity contribution in [3.05, 3.63) is 27.4 Å².